The molecule has 1 fully saturated rings. The standard InChI is InChI=1S/C14H20N2S/c1-2-16(9-11-6-7-11)10-12-4-3-5-13(8-12)14(15)17/h3-5,8,11H,2,6-7,9-10H2,1H3,(H2,15,17). The molecule has 0 aliphatic heterocycles. The van der Waals surface area contributed by atoms with Crippen molar-refractivity contribution in [2.75, 3.05) is 13.1 Å². The Hall–Kier alpha value is -0.930. The molecule has 1 aromatic rings. The molecular formula is C14H20N2S. The van der Waals surface area contributed by atoms with E-state index >= 15 is 0 Å². The zero-order valence-corrected chi connectivity index (χ0v) is 11.2. The average Bonchev–Trinajstić information content (AvgIpc) is 3.12. The van der Waals surface area contributed by atoms with Crippen LogP contribution in [0.2, 0.25) is 0 Å². The topological polar surface area (TPSA) is 29.3 Å². The lowest BCUT2D eigenvalue weighted by Gasteiger charge is -2.20. The fourth-order valence-corrected chi connectivity index (χ4v) is 2.18. The monoisotopic (exact) mass is 248 g/mol. The molecule has 0 bridgehead atoms. The molecule has 3 heteroatoms. The minimum Gasteiger partial charge on any atom is -0.389 e. The molecule has 2 rings (SSSR count). The molecule has 92 valence electrons. The van der Waals surface area contributed by atoms with E-state index in [4.69, 9.17) is 18.0 Å². The van der Waals surface area contributed by atoms with Crippen molar-refractivity contribution in [1.82, 2.24) is 4.90 Å². The van der Waals surface area contributed by atoms with Gasteiger partial charge in [0.05, 0.1) is 0 Å². The van der Waals surface area contributed by atoms with Crippen molar-refractivity contribution in [1.29, 1.82) is 0 Å². The van der Waals surface area contributed by atoms with Gasteiger partial charge in [-0.3, -0.25) is 4.90 Å². The van der Waals surface area contributed by atoms with Gasteiger partial charge < -0.3 is 5.73 Å². The molecule has 0 aromatic heterocycles. The molecule has 1 aliphatic rings. The predicted molar refractivity (Wildman–Crippen MR) is 76.0 cm³/mol. The molecule has 0 amide bonds. The van der Waals surface area contributed by atoms with Crippen LogP contribution >= 0.6 is 12.2 Å². The molecule has 0 spiro atoms. The molecule has 0 atom stereocenters. The van der Waals surface area contributed by atoms with Gasteiger partial charge in [-0.05, 0) is 36.9 Å². The summed E-state index contributed by atoms with van der Waals surface area (Å²) in [5.41, 5.74) is 7.93. The summed E-state index contributed by atoms with van der Waals surface area (Å²) in [4.78, 5) is 2.98. The maximum atomic E-state index is 5.65. The second-order valence-corrected chi connectivity index (χ2v) is 5.28. The largest absolute Gasteiger partial charge is 0.389 e. The van der Waals surface area contributed by atoms with E-state index in [-0.39, 0.29) is 0 Å². The normalized spacial score (nSPS) is 15.2. The van der Waals surface area contributed by atoms with Crippen molar-refractivity contribution >= 4 is 17.2 Å². The molecule has 0 radical (unpaired) electrons. The summed E-state index contributed by atoms with van der Waals surface area (Å²) in [6.07, 6.45) is 2.81. The quantitative estimate of drug-likeness (QED) is 0.785. The smallest absolute Gasteiger partial charge is 0.103 e. The SMILES string of the molecule is CCN(Cc1cccc(C(N)=S)c1)CC1CC1. The van der Waals surface area contributed by atoms with Crippen LogP contribution in [0.1, 0.15) is 30.9 Å². The number of benzene rings is 1. The van der Waals surface area contributed by atoms with Crippen LogP contribution in [0.25, 0.3) is 0 Å². The van der Waals surface area contributed by atoms with E-state index in [0.717, 1.165) is 24.6 Å². The minimum atomic E-state index is 0.483. The first-order valence-corrected chi connectivity index (χ1v) is 6.71. The Morgan fingerprint density at radius 3 is 2.82 bits per heavy atom. The summed E-state index contributed by atoms with van der Waals surface area (Å²) in [7, 11) is 0. The van der Waals surface area contributed by atoms with Crippen LogP contribution < -0.4 is 5.73 Å². The van der Waals surface area contributed by atoms with Crippen LogP contribution in [-0.2, 0) is 6.54 Å². The van der Waals surface area contributed by atoms with Gasteiger partial charge in [-0.15, -0.1) is 0 Å². The third kappa shape index (κ3) is 3.79. The lowest BCUT2D eigenvalue weighted by Crippen LogP contribution is -2.25. The van der Waals surface area contributed by atoms with E-state index < -0.39 is 0 Å². The highest BCUT2D eigenvalue weighted by atomic mass is 32.1. The molecular weight excluding hydrogens is 228 g/mol. The third-order valence-electron chi connectivity index (χ3n) is 3.28. The fourth-order valence-electron chi connectivity index (χ4n) is 2.05. The number of hydrogen-bond acceptors (Lipinski definition) is 2. The van der Waals surface area contributed by atoms with Crippen LogP contribution in [0.3, 0.4) is 0 Å². The van der Waals surface area contributed by atoms with Crippen LogP contribution in [0.5, 0.6) is 0 Å². The van der Waals surface area contributed by atoms with E-state index in [9.17, 15) is 0 Å². The van der Waals surface area contributed by atoms with Crippen molar-refractivity contribution in [3.05, 3.63) is 35.4 Å². The summed E-state index contributed by atoms with van der Waals surface area (Å²) >= 11 is 5.01. The third-order valence-corrected chi connectivity index (χ3v) is 3.51. The number of hydrogen-bond donors (Lipinski definition) is 1. The number of rotatable bonds is 6. The lowest BCUT2D eigenvalue weighted by atomic mass is 10.1. The van der Waals surface area contributed by atoms with Gasteiger partial charge in [0.2, 0.25) is 0 Å². The molecule has 1 saturated carbocycles. The van der Waals surface area contributed by atoms with E-state index in [1.54, 1.807) is 0 Å². The molecule has 1 aromatic carbocycles. The minimum absolute atomic E-state index is 0.483. The van der Waals surface area contributed by atoms with Crippen LogP contribution in [0.4, 0.5) is 0 Å². The Balaban J connectivity index is 2.00. The molecule has 1 aliphatic carbocycles. The van der Waals surface area contributed by atoms with Gasteiger partial charge in [0.1, 0.15) is 4.99 Å². The predicted octanol–water partition coefficient (Wildman–Crippen LogP) is 2.55. The van der Waals surface area contributed by atoms with Gasteiger partial charge >= 0.3 is 0 Å². The number of nitrogens with zero attached hydrogens (tertiary/aromatic N) is 1. The van der Waals surface area contributed by atoms with Crippen molar-refractivity contribution < 1.29 is 0 Å². The lowest BCUT2D eigenvalue weighted by molar-refractivity contribution is 0.268. The van der Waals surface area contributed by atoms with Gasteiger partial charge in [-0.1, -0.05) is 37.3 Å². The van der Waals surface area contributed by atoms with E-state index in [1.165, 1.54) is 24.9 Å². The second-order valence-electron chi connectivity index (χ2n) is 4.84. The second kappa shape index (κ2) is 5.61. The first-order chi connectivity index (χ1) is 8.19. The molecule has 2 N–H and O–H groups in total. The maximum absolute atomic E-state index is 5.65. The molecule has 17 heavy (non-hydrogen) atoms. The van der Waals surface area contributed by atoms with Gasteiger partial charge in [0.25, 0.3) is 0 Å². The summed E-state index contributed by atoms with van der Waals surface area (Å²) in [6.45, 7) is 5.56. The average molecular weight is 248 g/mol. The number of nitrogens with two attached hydrogens (primary N) is 1. The number of thiocarbonyl (C=S) groups is 1. The summed E-state index contributed by atoms with van der Waals surface area (Å²) in [5.74, 6) is 0.939. The van der Waals surface area contributed by atoms with Gasteiger partial charge in [-0.25, -0.2) is 0 Å². The Morgan fingerprint density at radius 2 is 2.24 bits per heavy atom. The van der Waals surface area contributed by atoms with E-state index in [0.29, 0.717) is 4.99 Å². The molecule has 0 saturated heterocycles. The maximum Gasteiger partial charge on any atom is 0.103 e. The van der Waals surface area contributed by atoms with Gasteiger partial charge in [0, 0.05) is 18.7 Å². The van der Waals surface area contributed by atoms with Crippen LogP contribution in [0, 0.1) is 5.92 Å². The Bertz CT molecular complexity index is 399. The highest BCUT2D eigenvalue weighted by Gasteiger charge is 2.23. The Labute approximate surface area is 109 Å². The first kappa shape index (κ1) is 12.5. The first-order valence-electron chi connectivity index (χ1n) is 6.30. The van der Waals surface area contributed by atoms with E-state index in [1.807, 2.05) is 12.1 Å². The molecule has 0 heterocycles. The Kier molecular flexibility index (Phi) is 4.13. The van der Waals surface area contributed by atoms with Crippen LogP contribution in [0.15, 0.2) is 24.3 Å². The van der Waals surface area contributed by atoms with Crippen molar-refractivity contribution in [3.63, 3.8) is 0 Å². The van der Waals surface area contributed by atoms with Crippen molar-refractivity contribution in [3.8, 4) is 0 Å². The van der Waals surface area contributed by atoms with Gasteiger partial charge in [-0.2, -0.15) is 0 Å². The zero-order chi connectivity index (χ0) is 12.3. The van der Waals surface area contributed by atoms with Gasteiger partial charge in [0.15, 0.2) is 0 Å². The Morgan fingerprint density at radius 1 is 1.47 bits per heavy atom. The molecule has 2 nitrogen and oxygen atoms in total. The fraction of sp³-hybridized carbons (Fsp3) is 0.500. The van der Waals surface area contributed by atoms with Crippen molar-refractivity contribution in [2.24, 2.45) is 11.7 Å². The summed E-state index contributed by atoms with van der Waals surface area (Å²) in [5, 5.41) is 0. The molecule has 0 unspecified atom stereocenters. The van der Waals surface area contributed by atoms with Crippen LogP contribution in [-0.4, -0.2) is 23.0 Å². The highest BCUT2D eigenvalue weighted by molar-refractivity contribution is 7.80. The van der Waals surface area contributed by atoms with E-state index in [2.05, 4.69) is 24.0 Å². The zero-order valence-electron chi connectivity index (χ0n) is 10.4. The summed E-state index contributed by atoms with van der Waals surface area (Å²) < 4.78 is 0. The van der Waals surface area contributed by atoms with Crippen molar-refractivity contribution in [2.45, 2.75) is 26.3 Å². The highest BCUT2D eigenvalue weighted by Crippen LogP contribution is 2.30. The summed E-state index contributed by atoms with van der Waals surface area (Å²) in [6, 6.07) is 8.27.